The molecule has 6 nitrogen and oxygen atoms in total. The van der Waals surface area contributed by atoms with Crippen molar-refractivity contribution in [3.8, 4) is 0 Å². The number of hydrogen-bond donors (Lipinski definition) is 2. The van der Waals surface area contributed by atoms with Crippen LogP contribution in [0, 0.1) is 0 Å². The Balaban J connectivity index is 1.63. The van der Waals surface area contributed by atoms with E-state index < -0.39 is 6.10 Å². The molecular weight excluding hydrogens is 258 g/mol. The van der Waals surface area contributed by atoms with Crippen LogP contribution < -0.4 is 5.32 Å². The van der Waals surface area contributed by atoms with Gasteiger partial charge in [0.2, 0.25) is 6.39 Å². The summed E-state index contributed by atoms with van der Waals surface area (Å²) < 4.78 is 10.2. The number of nitrogens with zero attached hydrogens (tertiary/aromatic N) is 2. The van der Waals surface area contributed by atoms with Crippen molar-refractivity contribution in [3.63, 3.8) is 0 Å². The first kappa shape index (κ1) is 14.6. The summed E-state index contributed by atoms with van der Waals surface area (Å²) in [6.45, 7) is 3.11. The molecule has 0 radical (unpaired) electrons. The molecule has 20 heavy (non-hydrogen) atoms. The number of rotatable bonds is 8. The topological polar surface area (TPSA) is 80.4 Å². The summed E-state index contributed by atoms with van der Waals surface area (Å²) in [4.78, 5) is 3.87. The summed E-state index contributed by atoms with van der Waals surface area (Å²) >= 11 is 0. The number of benzene rings is 1. The second kappa shape index (κ2) is 7.74. The molecule has 6 heteroatoms. The molecular formula is C14H19N3O3. The van der Waals surface area contributed by atoms with Gasteiger partial charge in [-0.3, -0.25) is 0 Å². The van der Waals surface area contributed by atoms with Crippen LogP contribution in [0.3, 0.4) is 0 Å². The highest BCUT2D eigenvalue weighted by molar-refractivity contribution is 5.16. The summed E-state index contributed by atoms with van der Waals surface area (Å²) in [5.74, 6) is 0.566. The molecule has 0 bridgehead atoms. The lowest BCUT2D eigenvalue weighted by Gasteiger charge is -2.17. The number of aliphatic hydroxyl groups is 1. The lowest BCUT2D eigenvalue weighted by molar-refractivity contribution is -0.00218. The molecule has 108 valence electrons. The van der Waals surface area contributed by atoms with E-state index in [4.69, 9.17) is 4.74 Å². The summed E-state index contributed by atoms with van der Waals surface area (Å²) in [6.07, 6.45) is 0.661. The van der Waals surface area contributed by atoms with Crippen LogP contribution >= 0.6 is 0 Å². The standard InChI is InChI=1S/C14H19N3O3/c1-11(12-5-3-2-4-6-12)19-9-13(18)7-15-8-14-16-10-20-17-14/h2-6,10-11,13,15,18H,7-9H2,1H3. The van der Waals surface area contributed by atoms with Gasteiger partial charge in [-0.1, -0.05) is 35.5 Å². The fraction of sp³-hybridized carbons (Fsp3) is 0.429. The van der Waals surface area contributed by atoms with Crippen LogP contribution in [0.1, 0.15) is 24.4 Å². The van der Waals surface area contributed by atoms with Gasteiger partial charge in [-0.05, 0) is 12.5 Å². The van der Waals surface area contributed by atoms with E-state index in [1.54, 1.807) is 0 Å². The summed E-state index contributed by atoms with van der Waals surface area (Å²) in [5.41, 5.74) is 1.10. The van der Waals surface area contributed by atoms with Gasteiger partial charge in [0.05, 0.1) is 25.4 Å². The third-order valence-electron chi connectivity index (χ3n) is 2.88. The Bertz CT molecular complexity index is 476. The minimum absolute atomic E-state index is 0.0388. The summed E-state index contributed by atoms with van der Waals surface area (Å²) in [5, 5.41) is 16.5. The van der Waals surface area contributed by atoms with Crippen molar-refractivity contribution in [2.75, 3.05) is 13.2 Å². The molecule has 2 aromatic rings. The molecule has 2 N–H and O–H groups in total. The van der Waals surface area contributed by atoms with Crippen LogP contribution in [0.25, 0.3) is 0 Å². The number of nitrogens with one attached hydrogen (secondary N) is 1. The monoisotopic (exact) mass is 277 g/mol. The molecule has 1 heterocycles. The number of aliphatic hydroxyl groups excluding tert-OH is 1. The Labute approximate surface area is 117 Å². The molecule has 0 fully saturated rings. The van der Waals surface area contributed by atoms with E-state index >= 15 is 0 Å². The van der Waals surface area contributed by atoms with Gasteiger partial charge in [-0.25, -0.2) is 0 Å². The third kappa shape index (κ3) is 4.73. The molecule has 1 aromatic heterocycles. The minimum Gasteiger partial charge on any atom is -0.389 e. The van der Waals surface area contributed by atoms with Crippen molar-refractivity contribution in [2.45, 2.75) is 25.7 Å². The van der Waals surface area contributed by atoms with E-state index in [0.29, 0.717) is 18.9 Å². The van der Waals surface area contributed by atoms with Crippen molar-refractivity contribution < 1.29 is 14.4 Å². The molecule has 0 aliphatic heterocycles. The van der Waals surface area contributed by atoms with E-state index in [9.17, 15) is 5.11 Å². The zero-order valence-electron chi connectivity index (χ0n) is 11.4. The molecule has 2 atom stereocenters. The molecule has 0 aliphatic carbocycles. The molecule has 0 spiro atoms. The van der Waals surface area contributed by atoms with Crippen LogP contribution in [0.15, 0.2) is 41.2 Å². The number of hydrogen-bond acceptors (Lipinski definition) is 6. The van der Waals surface area contributed by atoms with Gasteiger partial charge in [-0.2, -0.15) is 4.98 Å². The Kier molecular flexibility index (Phi) is 5.67. The van der Waals surface area contributed by atoms with Crippen LogP contribution in [0.4, 0.5) is 0 Å². The van der Waals surface area contributed by atoms with Gasteiger partial charge < -0.3 is 19.7 Å². The lowest BCUT2D eigenvalue weighted by Crippen LogP contribution is -2.30. The first-order chi connectivity index (χ1) is 9.75. The zero-order chi connectivity index (χ0) is 14.2. The van der Waals surface area contributed by atoms with Gasteiger partial charge in [0.15, 0.2) is 5.82 Å². The van der Waals surface area contributed by atoms with Crippen LogP contribution in [-0.4, -0.2) is 34.5 Å². The van der Waals surface area contributed by atoms with Crippen LogP contribution in [0.5, 0.6) is 0 Å². The van der Waals surface area contributed by atoms with Crippen molar-refractivity contribution in [1.29, 1.82) is 0 Å². The van der Waals surface area contributed by atoms with Gasteiger partial charge in [0.1, 0.15) is 0 Å². The van der Waals surface area contributed by atoms with Crippen LogP contribution in [-0.2, 0) is 11.3 Å². The molecule has 0 amide bonds. The second-order valence-electron chi connectivity index (χ2n) is 4.52. The van der Waals surface area contributed by atoms with Gasteiger partial charge >= 0.3 is 0 Å². The normalized spacial score (nSPS) is 14.1. The largest absolute Gasteiger partial charge is 0.389 e. The SMILES string of the molecule is CC(OCC(O)CNCc1ncon1)c1ccccc1. The first-order valence-electron chi connectivity index (χ1n) is 6.56. The minimum atomic E-state index is -0.576. The molecule has 2 unspecified atom stereocenters. The maximum Gasteiger partial charge on any atom is 0.213 e. The van der Waals surface area contributed by atoms with Crippen LogP contribution in [0.2, 0.25) is 0 Å². The Morgan fingerprint density at radius 3 is 2.85 bits per heavy atom. The van der Waals surface area contributed by atoms with E-state index in [1.165, 1.54) is 6.39 Å². The second-order valence-corrected chi connectivity index (χ2v) is 4.52. The van der Waals surface area contributed by atoms with E-state index in [-0.39, 0.29) is 12.7 Å². The van der Waals surface area contributed by atoms with E-state index in [1.807, 2.05) is 37.3 Å². The molecule has 0 saturated carbocycles. The fourth-order valence-electron chi connectivity index (χ4n) is 1.76. The summed E-state index contributed by atoms with van der Waals surface area (Å²) in [7, 11) is 0. The van der Waals surface area contributed by atoms with Crippen molar-refractivity contribution >= 4 is 0 Å². The maximum absolute atomic E-state index is 9.82. The first-order valence-corrected chi connectivity index (χ1v) is 6.56. The smallest absolute Gasteiger partial charge is 0.213 e. The zero-order valence-corrected chi connectivity index (χ0v) is 11.4. The maximum atomic E-state index is 9.82. The lowest BCUT2D eigenvalue weighted by atomic mass is 10.1. The van der Waals surface area contributed by atoms with E-state index in [2.05, 4.69) is 20.0 Å². The number of ether oxygens (including phenoxy) is 1. The Morgan fingerprint density at radius 2 is 2.15 bits per heavy atom. The molecule has 0 saturated heterocycles. The van der Waals surface area contributed by atoms with Crippen molar-refractivity contribution in [2.24, 2.45) is 0 Å². The van der Waals surface area contributed by atoms with Gasteiger partial charge in [0, 0.05) is 6.54 Å². The summed E-state index contributed by atoms with van der Waals surface area (Å²) in [6, 6.07) is 9.92. The highest BCUT2D eigenvalue weighted by atomic mass is 16.5. The predicted molar refractivity (Wildman–Crippen MR) is 72.8 cm³/mol. The fourth-order valence-corrected chi connectivity index (χ4v) is 1.76. The Morgan fingerprint density at radius 1 is 1.35 bits per heavy atom. The average Bonchev–Trinajstić information content (AvgIpc) is 2.99. The Hall–Kier alpha value is -1.76. The van der Waals surface area contributed by atoms with Crippen molar-refractivity contribution in [3.05, 3.63) is 48.1 Å². The van der Waals surface area contributed by atoms with Gasteiger partial charge in [0.25, 0.3) is 0 Å². The number of aromatic nitrogens is 2. The molecule has 1 aromatic carbocycles. The van der Waals surface area contributed by atoms with E-state index in [0.717, 1.165) is 5.56 Å². The predicted octanol–water partition coefficient (Wildman–Crippen LogP) is 1.30. The van der Waals surface area contributed by atoms with Crippen molar-refractivity contribution in [1.82, 2.24) is 15.5 Å². The molecule has 2 rings (SSSR count). The molecule has 0 aliphatic rings. The highest BCUT2D eigenvalue weighted by Crippen LogP contribution is 2.15. The quantitative estimate of drug-likeness (QED) is 0.757. The highest BCUT2D eigenvalue weighted by Gasteiger charge is 2.09. The average molecular weight is 277 g/mol. The third-order valence-corrected chi connectivity index (χ3v) is 2.88. The van der Waals surface area contributed by atoms with Gasteiger partial charge in [-0.15, -0.1) is 0 Å².